The monoisotopic (exact) mass is 309 g/mol. The van der Waals surface area contributed by atoms with Crippen molar-refractivity contribution in [3.05, 3.63) is 17.9 Å². The number of nitrogens with one attached hydrogen (secondary N) is 1. The van der Waals surface area contributed by atoms with Gasteiger partial charge in [-0.2, -0.15) is 0 Å². The Morgan fingerprint density at radius 1 is 1.36 bits per heavy atom. The van der Waals surface area contributed by atoms with Gasteiger partial charge in [0.1, 0.15) is 0 Å². The summed E-state index contributed by atoms with van der Waals surface area (Å²) in [5.74, 6) is 0.469. The Labute approximate surface area is 130 Å². The van der Waals surface area contributed by atoms with E-state index in [0.717, 1.165) is 38.9 Å². The molecule has 2 saturated heterocycles. The van der Waals surface area contributed by atoms with Gasteiger partial charge in [0.2, 0.25) is 0 Å². The zero-order chi connectivity index (χ0) is 15.4. The molecule has 1 aromatic heterocycles. The Bertz CT molecular complexity index is 501. The lowest BCUT2D eigenvalue weighted by atomic mass is 9.84. The Kier molecular flexibility index (Phi) is 4.69. The molecule has 3 heterocycles. The van der Waals surface area contributed by atoms with Gasteiger partial charge in [0.15, 0.2) is 5.76 Å². The summed E-state index contributed by atoms with van der Waals surface area (Å²) < 4.78 is 22.0. The molecule has 2 fully saturated rings. The highest BCUT2D eigenvalue weighted by molar-refractivity contribution is 5.91. The van der Waals surface area contributed by atoms with Gasteiger partial charge < -0.3 is 23.9 Å². The molecule has 22 heavy (non-hydrogen) atoms. The zero-order valence-electron chi connectivity index (χ0n) is 12.9. The van der Waals surface area contributed by atoms with E-state index in [4.69, 9.17) is 18.6 Å². The van der Waals surface area contributed by atoms with E-state index in [2.05, 4.69) is 5.32 Å². The predicted molar refractivity (Wildman–Crippen MR) is 79.1 cm³/mol. The number of hydrogen-bond donors (Lipinski definition) is 1. The molecule has 1 amide bonds. The molecule has 0 bridgehead atoms. The van der Waals surface area contributed by atoms with Crippen LogP contribution in [0.1, 0.15) is 43.2 Å². The second-order valence-corrected chi connectivity index (χ2v) is 5.86. The molecule has 6 nitrogen and oxygen atoms in total. The minimum atomic E-state index is -0.194. The molecule has 2 aliphatic rings. The van der Waals surface area contributed by atoms with Crippen molar-refractivity contribution in [3.8, 4) is 5.95 Å². The third kappa shape index (κ3) is 3.44. The molecule has 0 radical (unpaired) electrons. The average molecular weight is 309 g/mol. The number of furan rings is 1. The minimum Gasteiger partial charge on any atom is -0.465 e. The Morgan fingerprint density at radius 2 is 2.18 bits per heavy atom. The van der Waals surface area contributed by atoms with Gasteiger partial charge in [-0.3, -0.25) is 4.79 Å². The number of carbonyl (C=O) groups is 1. The van der Waals surface area contributed by atoms with Crippen molar-refractivity contribution in [3.63, 3.8) is 0 Å². The van der Waals surface area contributed by atoms with Gasteiger partial charge in [-0.15, -0.1) is 0 Å². The van der Waals surface area contributed by atoms with E-state index in [1.807, 2.05) is 6.92 Å². The molecular weight excluding hydrogens is 286 g/mol. The minimum absolute atomic E-state index is 0.111. The number of amides is 1. The SMILES string of the molecule is CCOc1ccc(C(=O)NC2CCOC3(CCOCC3)C2)o1. The molecule has 1 aromatic rings. The lowest BCUT2D eigenvalue weighted by Gasteiger charge is -2.43. The fraction of sp³-hybridized carbons (Fsp3) is 0.688. The number of carbonyl (C=O) groups excluding carboxylic acids is 1. The molecule has 122 valence electrons. The third-order valence-electron chi connectivity index (χ3n) is 4.32. The molecule has 0 aromatic carbocycles. The van der Waals surface area contributed by atoms with E-state index >= 15 is 0 Å². The first kappa shape index (κ1) is 15.4. The van der Waals surface area contributed by atoms with Gasteiger partial charge in [-0.25, -0.2) is 0 Å². The van der Waals surface area contributed by atoms with Gasteiger partial charge in [0, 0.05) is 31.9 Å². The van der Waals surface area contributed by atoms with Crippen LogP contribution >= 0.6 is 0 Å². The highest BCUT2D eigenvalue weighted by Gasteiger charge is 2.39. The second-order valence-electron chi connectivity index (χ2n) is 5.86. The molecule has 1 N–H and O–H groups in total. The summed E-state index contributed by atoms with van der Waals surface area (Å²) in [5.41, 5.74) is -0.131. The molecule has 3 rings (SSSR count). The predicted octanol–water partition coefficient (Wildman–Crippen LogP) is 2.14. The van der Waals surface area contributed by atoms with E-state index in [9.17, 15) is 4.79 Å². The first-order chi connectivity index (χ1) is 10.7. The zero-order valence-corrected chi connectivity index (χ0v) is 12.9. The summed E-state index contributed by atoms with van der Waals surface area (Å²) in [5, 5.41) is 3.05. The van der Waals surface area contributed by atoms with Crippen LogP contribution in [0.4, 0.5) is 0 Å². The van der Waals surface area contributed by atoms with Crippen LogP contribution in [0.15, 0.2) is 16.5 Å². The summed E-state index contributed by atoms with van der Waals surface area (Å²) in [7, 11) is 0. The lowest BCUT2D eigenvalue weighted by molar-refractivity contribution is -0.139. The molecule has 1 spiro atoms. The first-order valence-electron chi connectivity index (χ1n) is 7.96. The van der Waals surface area contributed by atoms with Crippen LogP contribution < -0.4 is 10.1 Å². The van der Waals surface area contributed by atoms with Crippen LogP contribution in [0, 0.1) is 0 Å². The van der Waals surface area contributed by atoms with Crippen LogP contribution in [0.25, 0.3) is 0 Å². The molecule has 0 aliphatic carbocycles. The number of rotatable bonds is 4. The maximum absolute atomic E-state index is 12.3. The molecule has 0 saturated carbocycles. The standard InChI is InChI=1S/C16H23NO5/c1-2-20-14-4-3-13(22-14)15(18)17-12-5-8-21-16(11-12)6-9-19-10-7-16/h3-4,12H,2,5-11H2,1H3,(H,17,18). The van der Waals surface area contributed by atoms with Crippen molar-refractivity contribution in [1.29, 1.82) is 0 Å². The van der Waals surface area contributed by atoms with Crippen molar-refractivity contribution in [2.45, 2.75) is 44.2 Å². The lowest BCUT2D eigenvalue weighted by Crippen LogP contribution is -2.51. The molecular formula is C16H23NO5. The van der Waals surface area contributed by atoms with E-state index in [-0.39, 0.29) is 23.3 Å². The van der Waals surface area contributed by atoms with Crippen LogP contribution in [0.2, 0.25) is 0 Å². The Hall–Kier alpha value is -1.53. The topological polar surface area (TPSA) is 69.9 Å². The van der Waals surface area contributed by atoms with Gasteiger partial charge in [0.05, 0.1) is 12.2 Å². The maximum atomic E-state index is 12.3. The summed E-state index contributed by atoms with van der Waals surface area (Å²) in [6.45, 7) is 4.52. The molecule has 6 heteroatoms. The van der Waals surface area contributed by atoms with E-state index in [1.54, 1.807) is 12.1 Å². The summed E-state index contributed by atoms with van der Waals surface area (Å²) in [4.78, 5) is 12.3. The second kappa shape index (κ2) is 6.71. The molecule has 1 unspecified atom stereocenters. The summed E-state index contributed by atoms with van der Waals surface area (Å²) in [6.07, 6.45) is 3.46. The van der Waals surface area contributed by atoms with E-state index in [0.29, 0.717) is 19.2 Å². The highest BCUT2D eigenvalue weighted by Crippen LogP contribution is 2.34. The largest absolute Gasteiger partial charge is 0.465 e. The fourth-order valence-corrected chi connectivity index (χ4v) is 3.16. The number of hydrogen-bond acceptors (Lipinski definition) is 5. The van der Waals surface area contributed by atoms with E-state index in [1.165, 1.54) is 0 Å². The first-order valence-corrected chi connectivity index (χ1v) is 7.96. The van der Waals surface area contributed by atoms with Gasteiger partial charge in [-0.1, -0.05) is 0 Å². The van der Waals surface area contributed by atoms with Crippen LogP contribution in [0.5, 0.6) is 5.95 Å². The highest BCUT2D eigenvalue weighted by atomic mass is 16.6. The van der Waals surface area contributed by atoms with Gasteiger partial charge >= 0.3 is 0 Å². The van der Waals surface area contributed by atoms with Crippen LogP contribution in [-0.4, -0.2) is 44.0 Å². The smallest absolute Gasteiger partial charge is 0.287 e. The van der Waals surface area contributed by atoms with Gasteiger partial charge in [0.25, 0.3) is 11.9 Å². The third-order valence-corrected chi connectivity index (χ3v) is 4.32. The van der Waals surface area contributed by atoms with Gasteiger partial charge in [-0.05, 0) is 38.7 Å². The normalized spacial score (nSPS) is 24.1. The van der Waals surface area contributed by atoms with Crippen molar-refractivity contribution >= 4 is 5.91 Å². The van der Waals surface area contributed by atoms with Crippen LogP contribution in [0.3, 0.4) is 0 Å². The quantitative estimate of drug-likeness (QED) is 0.922. The Balaban J connectivity index is 1.58. The van der Waals surface area contributed by atoms with Crippen molar-refractivity contribution in [2.24, 2.45) is 0 Å². The van der Waals surface area contributed by atoms with Crippen molar-refractivity contribution in [1.82, 2.24) is 5.32 Å². The average Bonchev–Trinajstić information content (AvgIpc) is 2.97. The fourth-order valence-electron chi connectivity index (χ4n) is 3.16. The van der Waals surface area contributed by atoms with Crippen LogP contribution in [-0.2, 0) is 9.47 Å². The molecule has 2 aliphatic heterocycles. The molecule has 1 atom stereocenters. The Morgan fingerprint density at radius 3 is 2.95 bits per heavy atom. The summed E-state index contributed by atoms with van der Waals surface area (Å²) in [6, 6.07) is 3.42. The number of ether oxygens (including phenoxy) is 3. The van der Waals surface area contributed by atoms with Crippen molar-refractivity contribution < 1.29 is 23.4 Å². The van der Waals surface area contributed by atoms with E-state index < -0.39 is 0 Å². The summed E-state index contributed by atoms with van der Waals surface area (Å²) >= 11 is 0. The van der Waals surface area contributed by atoms with Crippen molar-refractivity contribution in [2.75, 3.05) is 26.4 Å². The maximum Gasteiger partial charge on any atom is 0.287 e.